The van der Waals surface area contributed by atoms with Crippen molar-refractivity contribution in [1.82, 2.24) is 10.2 Å². The topological polar surface area (TPSA) is 65.2 Å². The lowest BCUT2D eigenvalue weighted by Crippen LogP contribution is -2.10. The van der Waals surface area contributed by atoms with E-state index >= 15 is 0 Å². The van der Waals surface area contributed by atoms with Crippen LogP contribution in [0.15, 0.2) is 22.6 Å². The molecule has 0 radical (unpaired) electrons. The summed E-state index contributed by atoms with van der Waals surface area (Å²) in [4.78, 5) is 11.9. The second kappa shape index (κ2) is 5.17. The van der Waals surface area contributed by atoms with E-state index in [0.717, 1.165) is 6.07 Å². The normalized spacial score (nSPS) is 12.2. The fourth-order valence-corrected chi connectivity index (χ4v) is 1.61. The van der Waals surface area contributed by atoms with E-state index in [1.807, 2.05) is 0 Å². The van der Waals surface area contributed by atoms with Gasteiger partial charge in [0.2, 0.25) is 5.89 Å². The van der Waals surface area contributed by atoms with Gasteiger partial charge in [-0.25, -0.2) is 9.18 Å². The van der Waals surface area contributed by atoms with Gasteiger partial charge in [0.05, 0.1) is 5.56 Å². The van der Waals surface area contributed by atoms with E-state index in [-0.39, 0.29) is 11.5 Å². The Labute approximate surface area is 109 Å². The average molecular weight is 264 g/mol. The highest BCUT2D eigenvalue weighted by Gasteiger charge is 2.19. The standard InChI is InChI=1S/C13H13FN2O3/c1-7-4-10(6-11(14)5-7)13(17)18-8(2)12-16-15-9(3)19-12/h4-6,8H,1-3H3/t8-/m1/s1. The molecule has 0 unspecified atom stereocenters. The molecule has 0 N–H and O–H groups in total. The fourth-order valence-electron chi connectivity index (χ4n) is 1.61. The minimum absolute atomic E-state index is 0.153. The number of carbonyl (C=O) groups is 1. The van der Waals surface area contributed by atoms with E-state index in [9.17, 15) is 9.18 Å². The average Bonchev–Trinajstić information content (AvgIpc) is 2.74. The van der Waals surface area contributed by atoms with Crippen LogP contribution in [0.25, 0.3) is 0 Å². The predicted octanol–water partition coefficient (Wildman–Crippen LogP) is 2.74. The molecule has 0 aliphatic heterocycles. The van der Waals surface area contributed by atoms with E-state index in [2.05, 4.69) is 10.2 Å². The van der Waals surface area contributed by atoms with Crippen LogP contribution < -0.4 is 0 Å². The van der Waals surface area contributed by atoms with Crippen LogP contribution >= 0.6 is 0 Å². The van der Waals surface area contributed by atoms with Crippen LogP contribution in [0.5, 0.6) is 0 Å². The Morgan fingerprint density at radius 1 is 1.32 bits per heavy atom. The Morgan fingerprint density at radius 2 is 2.05 bits per heavy atom. The zero-order valence-corrected chi connectivity index (χ0v) is 10.8. The molecule has 2 aromatic rings. The number of aromatic nitrogens is 2. The van der Waals surface area contributed by atoms with E-state index in [1.165, 1.54) is 6.07 Å². The molecule has 0 bridgehead atoms. The Kier molecular flexibility index (Phi) is 3.59. The molecule has 1 heterocycles. The third-order valence-corrected chi connectivity index (χ3v) is 2.45. The van der Waals surface area contributed by atoms with Gasteiger partial charge in [-0.3, -0.25) is 0 Å². The van der Waals surface area contributed by atoms with E-state index in [1.54, 1.807) is 26.8 Å². The first kappa shape index (κ1) is 13.2. The molecule has 1 atom stereocenters. The van der Waals surface area contributed by atoms with Crippen LogP contribution in [0.3, 0.4) is 0 Å². The summed E-state index contributed by atoms with van der Waals surface area (Å²) in [5.74, 6) is -0.516. The van der Waals surface area contributed by atoms with E-state index in [0.29, 0.717) is 11.5 Å². The van der Waals surface area contributed by atoms with Crippen molar-refractivity contribution in [2.24, 2.45) is 0 Å². The number of benzene rings is 1. The van der Waals surface area contributed by atoms with E-state index in [4.69, 9.17) is 9.15 Å². The third kappa shape index (κ3) is 3.15. The number of nitrogens with zero attached hydrogens (tertiary/aromatic N) is 2. The first-order valence-electron chi connectivity index (χ1n) is 5.74. The molecule has 1 aromatic carbocycles. The SMILES string of the molecule is Cc1cc(F)cc(C(=O)O[C@H](C)c2nnc(C)o2)c1. The quantitative estimate of drug-likeness (QED) is 0.797. The maximum atomic E-state index is 13.2. The van der Waals surface area contributed by atoms with Gasteiger partial charge in [0, 0.05) is 6.92 Å². The first-order chi connectivity index (χ1) is 8.95. The van der Waals surface area contributed by atoms with Gasteiger partial charge in [0.1, 0.15) is 5.82 Å². The van der Waals surface area contributed by atoms with Crippen LogP contribution in [0.1, 0.15) is 40.7 Å². The van der Waals surface area contributed by atoms with Crippen LogP contribution in [0.2, 0.25) is 0 Å². The van der Waals surface area contributed by atoms with Crippen molar-refractivity contribution < 1.29 is 18.3 Å². The summed E-state index contributed by atoms with van der Waals surface area (Å²) in [5.41, 5.74) is 0.800. The lowest BCUT2D eigenvalue weighted by atomic mass is 10.1. The van der Waals surface area contributed by atoms with Crippen LogP contribution in [-0.2, 0) is 4.74 Å². The highest BCUT2D eigenvalue weighted by Crippen LogP contribution is 2.18. The Hall–Kier alpha value is -2.24. The second-order valence-corrected chi connectivity index (χ2v) is 4.22. The second-order valence-electron chi connectivity index (χ2n) is 4.22. The molecular formula is C13H13FN2O3. The lowest BCUT2D eigenvalue weighted by Gasteiger charge is -2.09. The van der Waals surface area contributed by atoms with Crippen molar-refractivity contribution in [3.05, 3.63) is 46.9 Å². The van der Waals surface area contributed by atoms with Crippen LogP contribution in [0, 0.1) is 19.7 Å². The molecule has 0 aliphatic carbocycles. The molecule has 0 saturated heterocycles. The summed E-state index contributed by atoms with van der Waals surface area (Å²) in [6, 6.07) is 4.01. The number of hydrogen-bond acceptors (Lipinski definition) is 5. The van der Waals surface area contributed by atoms with Gasteiger partial charge in [-0.1, -0.05) is 0 Å². The highest BCUT2D eigenvalue weighted by atomic mass is 19.1. The number of esters is 1. The molecule has 0 saturated carbocycles. The van der Waals surface area contributed by atoms with Crippen LogP contribution in [-0.4, -0.2) is 16.2 Å². The van der Waals surface area contributed by atoms with Crippen molar-refractivity contribution in [3.8, 4) is 0 Å². The van der Waals surface area contributed by atoms with Crippen LogP contribution in [0.4, 0.5) is 4.39 Å². The van der Waals surface area contributed by atoms with E-state index < -0.39 is 17.9 Å². The Bertz CT molecular complexity index is 589. The molecule has 19 heavy (non-hydrogen) atoms. The number of halogens is 1. The number of rotatable bonds is 3. The van der Waals surface area contributed by atoms with Crippen molar-refractivity contribution in [2.45, 2.75) is 26.9 Å². The van der Waals surface area contributed by atoms with Crippen molar-refractivity contribution in [3.63, 3.8) is 0 Å². The minimum atomic E-state index is -0.683. The zero-order valence-electron chi connectivity index (χ0n) is 10.8. The molecule has 1 aromatic heterocycles. The molecule has 0 aliphatic rings. The molecule has 0 amide bonds. The molecular weight excluding hydrogens is 251 g/mol. The summed E-state index contributed by atoms with van der Waals surface area (Å²) in [5, 5.41) is 7.41. The van der Waals surface area contributed by atoms with Gasteiger partial charge in [-0.2, -0.15) is 0 Å². The van der Waals surface area contributed by atoms with Gasteiger partial charge < -0.3 is 9.15 Å². The smallest absolute Gasteiger partial charge is 0.339 e. The highest BCUT2D eigenvalue weighted by molar-refractivity contribution is 5.89. The predicted molar refractivity (Wildman–Crippen MR) is 64.0 cm³/mol. The molecule has 0 fully saturated rings. The van der Waals surface area contributed by atoms with Crippen molar-refractivity contribution in [2.75, 3.05) is 0 Å². The fraction of sp³-hybridized carbons (Fsp3) is 0.308. The third-order valence-electron chi connectivity index (χ3n) is 2.45. The molecule has 6 heteroatoms. The van der Waals surface area contributed by atoms with Gasteiger partial charge >= 0.3 is 5.97 Å². The summed E-state index contributed by atoms with van der Waals surface area (Å²) in [7, 11) is 0. The molecule has 2 rings (SSSR count). The molecule has 0 spiro atoms. The maximum Gasteiger partial charge on any atom is 0.339 e. The van der Waals surface area contributed by atoms with Gasteiger partial charge in [0.25, 0.3) is 5.89 Å². The maximum absolute atomic E-state index is 13.2. The number of carbonyl (C=O) groups excluding carboxylic acids is 1. The largest absolute Gasteiger partial charge is 0.449 e. The molecule has 5 nitrogen and oxygen atoms in total. The zero-order chi connectivity index (χ0) is 14.0. The Morgan fingerprint density at radius 3 is 2.63 bits per heavy atom. The summed E-state index contributed by atoms with van der Waals surface area (Å²) in [6.07, 6.45) is -0.683. The summed E-state index contributed by atoms with van der Waals surface area (Å²) >= 11 is 0. The number of hydrogen-bond donors (Lipinski definition) is 0. The summed E-state index contributed by atoms with van der Waals surface area (Å²) < 4.78 is 23.5. The summed E-state index contributed by atoms with van der Waals surface area (Å²) in [6.45, 7) is 4.95. The monoisotopic (exact) mass is 264 g/mol. The first-order valence-corrected chi connectivity index (χ1v) is 5.74. The number of aryl methyl sites for hydroxylation is 2. The van der Waals surface area contributed by atoms with Crippen molar-refractivity contribution in [1.29, 1.82) is 0 Å². The van der Waals surface area contributed by atoms with Gasteiger partial charge in [0.15, 0.2) is 6.10 Å². The van der Waals surface area contributed by atoms with Gasteiger partial charge in [-0.05, 0) is 37.6 Å². The minimum Gasteiger partial charge on any atom is -0.449 e. The number of ether oxygens (including phenoxy) is 1. The lowest BCUT2D eigenvalue weighted by molar-refractivity contribution is 0.0276. The Balaban J connectivity index is 2.12. The molecule has 100 valence electrons. The van der Waals surface area contributed by atoms with Gasteiger partial charge in [-0.15, -0.1) is 10.2 Å². The van der Waals surface area contributed by atoms with Crippen molar-refractivity contribution >= 4 is 5.97 Å².